The fourth-order valence-electron chi connectivity index (χ4n) is 1.35. The molecular formula is C11H16ClNO. The molecule has 0 amide bonds. The lowest BCUT2D eigenvalue weighted by atomic mass is 9.90. The minimum absolute atomic E-state index is 0. The highest BCUT2D eigenvalue weighted by molar-refractivity contribution is 5.95. The molecule has 1 aromatic rings. The van der Waals surface area contributed by atoms with E-state index in [4.69, 9.17) is 5.73 Å². The number of halogens is 1. The third-order valence-corrected chi connectivity index (χ3v) is 2.00. The summed E-state index contributed by atoms with van der Waals surface area (Å²) >= 11 is 0. The first kappa shape index (κ1) is 13.1. The Hall–Kier alpha value is -0.860. The van der Waals surface area contributed by atoms with Crippen molar-refractivity contribution in [2.75, 3.05) is 0 Å². The van der Waals surface area contributed by atoms with Crippen molar-refractivity contribution in [3.05, 3.63) is 35.4 Å². The van der Waals surface area contributed by atoms with Crippen molar-refractivity contribution < 1.29 is 4.79 Å². The van der Waals surface area contributed by atoms with Gasteiger partial charge in [-0.25, -0.2) is 0 Å². The Kier molecular flexibility index (Phi) is 4.30. The summed E-state index contributed by atoms with van der Waals surface area (Å²) in [4.78, 5) is 11.3. The van der Waals surface area contributed by atoms with Crippen LogP contribution in [0.3, 0.4) is 0 Å². The smallest absolute Gasteiger partial charge is 0.160 e. The maximum absolute atomic E-state index is 11.3. The van der Waals surface area contributed by atoms with E-state index < -0.39 is 5.54 Å². The molecule has 2 nitrogen and oxygen atoms in total. The zero-order chi connectivity index (χ0) is 10.1. The van der Waals surface area contributed by atoms with Crippen LogP contribution in [0.1, 0.15) is 36.7 Å². The quantitative estimate of drug-likeness (QED) is 0.768. The standard InChI is InChI=1S/C11H15NO.ClH/c1-8(13)9-6-4-5-7-10(9)11(2,3)12;/h4-7H,12H2,1-3H3;1H. The fraction of sp³-hybridized carbons (Fsp3) is 0.364. The van der Waals surface area contributed by atoms with E-state index in [-0.39, 0.29) is 18.2 Å². The minimum atomic E-state index is -0.456. The molecule has 0 bridgehead atoms. The van der Waals surface area contributed by atoms with Crippen LogP contribution in [-0.2, 0) is 5.54 Å². The SMILES string of the molecule is CC(=O)c1ccccc1C(C)(C)N.Cl. The Morgan fingerprint density at radius 2 is 1.79 bits per heavy atom. The van der Waals surface area contributed by atoms with Crippen LogP contribution in [-0.4, -0.2) is 5.78 Å². The van der Waals surface area contributed by atoms with Crippen LogP contribution in [0, 0.1) is 0 Å². The molecular weight excluding hydrogens is 198 g/mol. The van der Waals surface area contributed by atoms with Crippen LogP contribution in [0.15, 0.2) is 24.3 Å². The fourth-order valence-corrected chi connectivity index (χ4v) is 1.35. The van der Waals surface area contributed by atoms with E-state index in [2.05, 4.69) is 0 Å². The Morgan fingerprint density at radius 3 is 2.14 bits per heavy atom. The van der Waals surface area contributed by atoms with Crippen LogP contribution in [0.5, 0.6) is 0 Å². The van der Waals surface area contributed by atoms with Crippen molar-refractivity contribution in [3.8, 4) is 0 Å². The summed E-state index contributed by atoms with van der Waals surface area (Å²) in [6.45, 7) is 5.36. The van der Waals surface area contributed by atoms with Crippen molar-refractivity contribution in [1.82, 2.24) is 0 Å². The van der Waals surface area contributed by atoms with Gasteiger partial charge in [0.2, 0.25) is 0 Å². The number of Topliss-reactive ketones (excluding diaryl/α,β-unsaturated/α-hetero) is 1. The highest BCUT2D eigenvalue weighted by Crippen LogP contribution is 2.21. The number of carbonyl (C=O) groups is 1. The first-order chi connectivity index (χ1) is 5.93. The van der Waals surface area contributed by atoms with Gasteiger partial charge in [-0.3, -0.25) is 4.79 Å². The molecule has 0 radical (unpaired) electrons. The van der Waals surface area contributed by atoms with E-state index in [9.17, 15) is 4.79 Å². The molecule has 0 heterocycles. The van der Waals surface area contributed by atoms with Crippen molar-refractivity contribution in [2.45, 2.75) is 26.3 Å². The molecule has 3 heteroatoms. The van der Waals surface area contributed by atoms with E-state index in [0.717, 1.165) is 11.1 Å². The molecule has 0 fully saturated rings. The molecule has 78 valence electrons. The predicted octanol–water partition coefficient (Wildman–Crippen LogP) is 2.50. The van der Waals surface area contributed by atoms with Gasteiger partial charge < -0.3 is 5.73 Å². The van der Waals surface area contributed by atoms with Gasteiger partial charge in [0.15, 0.2) is 5.78 Å². The van der Waals surface area contributed by atoms with Gasteiger partial charge in [0.1, 0.15) is 0 Å². The summed E-state index contributed by atoms with van der Waals surface area (Å²) < 4.78 is 0. The van der Waals surface area contributed by atoms with Crippen LogP contribution in [0.4, 0.5) is 0 Å². The minimum Gasteiger partial charge on any atom is -0.322 e. The van der Waals surface area contributed by atoms with E-state index in [1.54, 1.807) is 6.92 Å². The van der Waals surface area contributed by atoms with Crippen molar-refractivity contribution in [1.29, 1.82) is 0 Å². The lowest BCUT2D eigenvalue weighted by Crippen LogP contribution is -2.30. The van der Waals surface area contributed by atoms with Gasteiger partial charge in [-0.05, 0) is 26.3 Å². The van der Waals surface area contributed by atoms with Gasteiger partial charge >= 0.3 is 0 Å². The molecule has 0 aliphatic rings. The second-order valence-corrected chi connectivity index (χ2v) is 3.82. The molecule has 0 saturated heterocycles. The summed E-state index contributed by atoms with van der Waals surface area (Å²) in [5.74, 6) is 0.0640. The average molecular weight is 214 g/mol. The summed E-state index contributed by atoms with van der Waals surface area (Å²) in [6.07, 6.45) is 0. The average Bonchev–Trinajstić information content (AvgIpc) is 2.03. The van der Waals surface area contributed by atoms with Crippen LogP contribution < -0.4 is 5.73 Å². The van der Waals surface area contributed by atoms with Crippen molar-refractivity contribution in [3.63, 3.8) is 0 Å². The van der Waals surface area contributed by atoms with E-state index in [1.165, 1.54) is 0 Å². The molecule has 14 heavy (non-hydrogen) atoms. The molecule has 0 aliphatic carbocycles. The van der Waals surface area contributed by atoms with Crippen molar-refractivity contribution >= 4 is 18.2 Å². The number of ketones is 1. The van der Waals surface area contributed by atoms with Gasteiger partial charge in [0.25, 0.3) is 0 Å². The van der Waals surface area contributed by atoms with Crippen LogP contribution >= 0.6 is 12.4 Å². The first-order valence-corrected chi connectivity index (χ1v) is 4.32. The topological polar surface area (TPSA) is 43.1 Å². The third-order valence-electron chi connectivity index (χ3n) is 2.00. The Labute approximate surface area is 90.9 Å². The first-order valence-electron chi connectivity index (χ1n) is 4.32. The maximum Gasteiger partial charge on any atom is 0.160 e. The highest BCUT2D eigenvalue weighted by Gasteiger charge is 2.19. The molecule has 2 N–H and O–H groups in total. The van der Waals surface area contributed by atoms with E-state index in [1.807, 2.05) is 38.1 Å². The lowest BCUT2D eigenvalue weighted by Gasteiger charge is -2.21. The van der Waals surface area contributed by atoms with E-state index in [0.29, 0.717) is 0 Å². The Morgan fingerprint density at radius 1 is 1.29 bits per heavy atom. The van der Waals surface area contributed by atoms with Crippen LogP contribution in [0.2, 0.25) is 0 Å². The summed E-state index contributed by atoms with van der Waals surface area (Å²) in [6, 6.07) is 7.46. The Bertz CT molecular complexity index is 328. The normalized spacial score (nSPS) is 10.6. The molecule has 0 saturated carbocycles. The molecule has 0 aliphatic heterocycles. The highest BCUT2D eigenvalue weighted by atomic mass is 35.5. The van der Waals surface area contributed by atoms with Crippen molar-refractivity contribution in [2.24, 2.45) is 5.73 Å². The number of hydrogen-bond acceptors (Lipinski definition) is 2. The molecule has 1 rings (SSSR count). The zero-order valence-corrected chi connectivity index (χ0v) is 9.52. The summed E-state index contributed by atoms with van der Waals surface area (Å²) in [5, 5.41) is 0. The number of nitrogens with two attached hydrogens (primary N) is 1. The number of rotatable bonds is 2. The molecule has 0 spiro atoms. The molecule has 0 atom stereocenters. The largest absolute Gasteiger partial charge is 0.322 e. The summed E-state index contributed by atoms with van der Waals surface area (Å²) in [7, 11) is 0. The van der Waals surface area contributed by atoms with Crippen LogP contribution in [0.25, 0.3) is 0 Å². The predicted molar refractivity (Wildman–Crippen MR) is 60.9 cm³/mol. The summed E-state index contributed by atoms with van der Waals surface area (Å²) in [5.41, 5.74) is 7.11. The maximum atomic E-state index is 11.3. The lowest BCUT2D eigenvalue weighted by molar-refractivity contribution is 0.101. The molecule has 1 aromatic carbocycles. The zero-order valence-electron chi connectivity index (χ0n) is 8.70. The third kappa shape index (κ3) is 2.82. The van der Waals surface area contributed by atoms with E-state index >= 15 is 0 Å². The second kappa shape index (κ2) is 4.58. The van der Waals surface area contributed by atoms with Gasteiger partial charge in [0.05, 0.1) is 0 Å². The number of hydrogen-bond donors (Lipinski definition) is 1. The second-order valence-electron chi connectivity index (χ2n) is 3.82. The molecule has 0 unspecified atom stereocenters. The van der Waals surface area contributed by atoms with Gasteiger partial charge in [-0.1, -0.05) is 24.3 Å². The monoisotopic (exact) mass is 213 g/mol. The van der Waals surface area contributed by atoms with Gasteiger partial charge in [-0.2, -0.15) is 0 Å². The molecule has 0 aromatic heterocycles. The number of carbonyl (C=O) groups excluding carboxylic acids is 1. The number of benzene rings is 1. The van der Waals surface area contributed by atoms with Gasteiger partial charge in [-0.15, -0.1) is 12.4 Å². The Balaban J connectivity index is 0.00000169. The van der Waals surface area contributed by atoms with Gasteiger partial charge in [0, 0.05) is 11.1 Å².